The minimum absolute atomic E-state index is 0.445. The van der Waals surface area contributed by atoms with E-state index >= 15 is 0 Å². The van der Waals surface area contributed by atoms with Crippen LogP contribution in [-0.4, -0.2) is 42.4 Å². The van der Waals surface area contributed by atoms with Crippen molar-refractivity contribution in [3.05, 3.63) is 0 Å². The van der Waals surface area contributed by atoms with Crippen LogP contribution in [0.15, 0.2) is 0 Å². The molecule has 4 atom stereocenters. The van der Waals surface area contributed by atoms with Gasteiger partial charge in [0.2, 0.25) is 0 Å². The van der Waals surface area contributed by atoms with E-state index in [1.165, 1.54) is 64.2 Å². The van der Waals surface area contributed by atoms with E-state index in [0.29, 0.717) is 24.3 Å². The first kappa shape index (κ1) is 15.4. The summed E-state index contributed by atoms with van der Waals surface area (Å²) in [4.78, 5) is 0. The summed E-state index contributed by atoms with van der Waals surface area (Å²) >= 11 is -0.944. The van der Waals surface area contributed by atoms with Gasteiger partial charge >= 0.3 is 132 Å². The predicted molar refractivity (Wildman–Crippen MR) is 81.5 cm³/mol. The first-order valence-corrected chi connectivity index (χ1v) is 10.7. The van der Waals surface area contributed by atoms with Crippen LogP contribution in [0.3, 0.4) is 0 Å². The van der Waals surface area contributed by atoms with E-state index in [4.69, 9.17) is 7.06 Å². The molecule has 2 saturated carbocycles. The molecule has 1 saturated heterocycles. The van der Waals surface area contributed by atoms with Crippen molar-refractivity contribution >= 4 is 18.1 Å². The molecule has 1 N–H and O–H groups in total. The molecule has 4 heteroatoms. The van der Waals surface area contributed by atoms with Crippen LogP contribution in [-0.2, 0) is 7.06 Å². The van der Waals surface area contributed by atoms with Gasteiger partial charge < -0.3 is 0 Å². The maximum absolute atomic E-state index is 6.28. The fourth-order valence-electron chi connectivity index (χ4n) is 4.22. The predicted octanol–water partition coefficient (Wildman–Crippen LogP) is 3.20. The molecule has 0 aromatic rings. The molecule has 1 heterocycles. The molecular formula is C16H29GaNO2. The van der Waals surface area contributed by atoms with Crippen molar-refractivity contribution in [3.63, 3.8) is 0 Å². The van der Waals surface area contributed by atoms with E-state index in [1.807, 2.05) is 0 Å². The van der Waals surface area contributed by atoms with Gasteiger partial charge in [0.05, 0.1) is 0 Å². The quantitative estimate of drug-likeness (QED) is 0.800. The Morgan fingerprint density at radius 2 is 1.70 bits per heavy atom. The van der Waals surface area contributed by atoms with Gasteiger partial charge in [0, 0.05) is 0 Å². The zero-order valence-electron chi connectivity index (χ0n) is 12.9. The van der Waals surface area contributed by atoms with E-state index in [1.54, 1.807) is 0 Å². The Morgan fingerprint density at radius 1 is 0.850 bits per heavy atom. The second kappa shape index (κ2) is 7.68. The molecule has 0 amide bonds. The summed E-state index contributed by atoms with van der Waals surface area (Å²) in [6.07, 6.45) is 14.4. The summed E-state index contributed by atoms with van der Waals surface area (Å²) < 4.78 is 12.4. The Bertz CT molecular complexity index is 296. The fraction of sp³-hybridized carbons (Fsp3) is 1.00. The van der Waals surface area contributed by atoms with Crippen LogP contribution in [0.5, 0.6) is 0 Å². The molecule has 20 heavy (non-hydrogen) atoms. The molecule has 3 fully saturated rings. The Labute approximate surface area is 132 Å². The molecule has 0 bridgehead atoms. The average Bonchev–Trinajstić information content (AvgIpc) is 2.49. The van der Waals surface area contributed by atoms with Crippen LogP contribution in [0.2, 0.25) is 0 Å². The second-order valence-corrected chi connectivity index (χ2v) is 8.57. The van der Waals surface area contributed by atoms with Gasteiger partial charge in [-0.2, -0.15) is 0 Å². The molecule has 1 aliphatic heterocycles. The maximum atomic E-state index is 6.28. The second-order valence-electron chi connectivity index (χ2n) is 7.03. The molecule has 4 unspecified atom stereocenters. The molecular weight excluding hydrogens is 308 g/mol. The summed E-state index contributed by atoms with van der Waals surface area (Å²) in [6, 6.07) is 1.28. The monoisotopic (exact) mass is 336 g/mol. The third-order valence-corrected chi connectivity index (χ3v) is 7.46. The van der Waals surface area contributed by atoms with Gasteiger partial charge in [0.1, 0.15) is 0 Å². The van der Waals surface area contributed by atoms with Crippen LogP contribution < -0.4 is 5.32 Å². The van der Waals surface area contributed by atoms with Gasteiger partial charge in [-0.05, 0) is 0 Å². The Morgan fingerprint density at radius 3 is 2.55 bits per heavy atom. The fourth-order valence-corrected chi connectivity index (χ4v) is 6.20. The summed E-state index contributed by atoms with van der Waals surface area (Å²) in [7, 11) is 0. The summed E-state index contributed by atoms with van der Waals surface area (Å²) in [5.74, 6) is 0.858. The molecule has 113 valence electrons. The zero-order valence-corrected chi connectivity index (χ0v) is 15.3. The van der Waals surface area contributed by atoms with Crippen LogP contribution in [0.25, 0.3) is 0 Å². The normalized spacial score (nSPS) is 39.2. The number of hydrogen-bond acceptors (Lipinski definition) is 3. The summed E-state index contributed by atoms with van der Waals surface area (Å²) in [5, 5.41) is 3.80. The van der Waals surface area contributed by atoms with Gasteiger partial charge in [-0.15, -0.1) is 0 Å². The van der Waals surface area contributed by atoms with Crippen molar-refractivity contribution in [1.82, 2.24) is 5.32 Å². The molecule has 0 spiro atoms. The summed E-state index contributed by atoms with van der Waals surface area (Å²) in [5.41, 5.74) is 0. The number of piperidine rings is 1. The van der Waals surface area contributed by atoms with Crippen LogP contribution in [0, 0.1) is 5.92 Å². The molecule has 0 aromatic carbocycles. The molecule has 2 aliphatic carbocycles. The van der Waals surface area contributed by atoms with Crippen LogP contribution in [0.4, 0.5) is 0 Å². The Hall–Kier alpha value is 0.516. The minimum atomic E-state index is -0.944. The standard InChI is InChI=1S/C10H18NO.C6H11O.Ga/c1-7-5-6-8-3-2-4-9(12)10(8)11-7;7-6-4-2-1-3-5-6;/h7-11H,2-6H2,1H3;6H,1-5H2;/q2*-1;+2. The third-order valence-electron chi connectivity index (χ3n) is 5.45. The van der Waals surface area contributed by atoms with E-state index in [-0.39, 0.29) is 0 Å². The Kier molecular flexibility index (Phi) is 5.92. The molecule has 1 radical (unpaired) electrons. The topological polar surface area (TPSA) is 30.5 Å². The van der Waals surface area contributed by atoms with Gasteiger partial charge in [-0.3, -0.25) is 0 Å². The summed E-state index contributed by atoms with van der Waals surface area (Å²) in [6.45, 7) is 2.32. The number of nitrogens with one attached hydrogen (secondary N) is 1. The van der Waals surface area contributed by atoms with Gasteiger partial charge in [-0.25, -0.2) is 0 Å². The third kappa shape index (κ3) is 4.04. The van der Waals surface area contributed by atoms with Gasteiger partial charge in [0.25, 0.3) is 0 Å². The number of hydrogen-bond donors (Lipinski definition) is 1. The molecule has 3 aliphatic rings. The van der Waals surface area contributed by atoms with Crippen molar-refractivity contribution < 1.29 is 7.06 Å². The van der Waals surface area contributed by atoms with E-state index < -0.39 is 18.1 Å². The molecule has 3 rings (SSSR count). The number of rotatable bonds is 4. The first-order valence-electron chi connectivity index (χ1n) is 8.71. The van der Waals surface area contributed by atoms with Crippen molar-refractivity contribution in [2.75, 3.05) is 0 Å². The number of fused-ring (bicyclic) bond motifs is 1. The van der Waals surface area contributed by atoms with Crippen molar-refractivity contribution in [2.24, 2.45) is 5.92 Å². The van der Waals surface area contributed by atoms with Crippen molar-refractivity contribution in [2.45, 2.75) is 95.4 Å². The average molecular weight is 337 g/mol. The van der Waals surface area contributed by atoms with Crippen LogP contribution in [0.1, 0.15) is 71.1 Å². The van der Waals surface area contributed by atoms with Gasteiger partial charge in [-0.1, -0.05) is 0 Å². The zero-order chi connectivity index (χ0) is 13.8. The first-order chi connectivity index (χ1) is 9.83. The Balaban J connectivity index is 1.43. The van der Waals surface area contributed by atoms with Crippen molar-refractivity contribution in [3.8, 4) is 0 Å². The van der Waals surface area contributed by atoms with E-state index in [9.17, 15) is 0 Å². The van der Waals surface area contributed by atoms with Gasteiger partial charge in [0.15, 0.2) is 0 Å². The van der Waals surface area contributed by atoms with E-state index in [2.05, 4.69) is 12.2 Å². The molecule has 0 aromatic heterocycles. The van der Waals surface area contributed by atoms with E-state index in [0.717, 1.165) is 5.92 Å². The molecule has 3 nitrogen and oxygen atoms in total. The van der Waals surface area contributed by atoms with Crippen LogP contribution >= 0.6 is 0 Å². The van der Waals surface area contributed by atoms with Crippen molar-refractivity contribution in [1.29, 1.82) is 0 Å². The SMILES string of the molecule is CC1CCC2CCCC([O][Ga][O]C3CCCCC3)C2N1.